The molecule has 0 atom stereocenters. The fraction of sp³-hybridized carbons (Fsp3) is 0.0476. The van der Waals surface area contributed by atoms with Gasteiger partial charge in [0.15, 0.2) is 6.61 Å². The molecule has 0 amide bonds. The molecule has 0 N–H and O–H groups in total. The van der Waals surface area contributed by atoms with Crippen molar-refractivity contribution in [2.45, 2.75) is 6.61 Å². The molecule has 4 rings (SSSR count). The molecule has 0 saturated heterocycles. The van der Waals surface area contributed by atoms with Crippen LogP contribution in [0.1, 0.15) is 5.89 Å². The molecule has 6 heteroatoms. The van der Waals surface area contributed by atoms with Crippen molar-refractivity contribution in [3.8, 4) is 28.3 Å². The number of hydrogen-bond acceptors (Lipinski definition) is 4. The van der Waals surface area contributed by atoms with E-state index in [0.717, 1.165) is 16.9 Å². The molecule has 0 fully saturated rings. The van der Waals surface area contributed by atoms with Crippen LogP contribution in [0.25, 0.3) is 22.6 Å². The van der Waals surface area contributed by atoms with E-state index in [9.17, 15) is 0 Å². The second-order valence-corrected chi connectivity index (χ2v) is 6.65. The van der Waals surface area contributed by atoms with Gasteiger partial charge in [0.25, 0.3) is 5.89 Å². The highest BCUT2D eigenvalue weighted by atomic mass is 35.5. The lowest BCUT2D eigenvalue weighted by atomic mass is 10.1. The highest BCUT2D eigenvalue weighted by Crippen LogP contribution is 2.29. The summed E-state index contributed by atoms with van der Waals surface area (Å²) >= 11 is 12.1. The van der Waals surface area contributed by atoms with Gasteiger partial charge >= 0.3 is 0 Å². The SMILES string of the molecule is Clc1ccc(-c2nnc(COc3ccc(-c4ccccc4)cc3)o2)c(Cl)c1. The Labute approximate surface area is 166 Å². The Morgan fingerprint density at radius 1 is 0.815 bits per heavy atom. The third-order valence-corrected chi connectivity index (χ3v) is 4.50. The molecule has 0 saturated carbocycles. The molecule has 1 heterocycles. The van der Waals surface area contributed by atoms with Gasteiger partial charge in [0.2, 0.25) is 5.89 Å². The Hall–Kier alpha value is -2.82. The van der Waals surface area contributed by atoms with Crippen LogP contribution in [0.5, 0.6) is 5.75 Å². The summed E-state index contributed by atoms with van der Waals surface area (Å²) in [6.07, 6.45) is 0. The molecule has 0 aliphatic carbocycles. The zero-order valence-corrected chi connectivity index (χ0v) is 15.6. The van der Waals surface area contributed by atoms with E-state index in [2.05, 4.69) is 22.3 Å². The maximum atomic E-state index is 6.17. The number of ether oxygens (including phenoxy) is 1. The van der Waals surface area contributed by atoms with Gasteiger partial charge in [-0.3, -0.25) is 0 Å². The first-order valence-electron chi connectivity index (χ1n) is 8.25. The Balaban J connectivity index is 1.43. The highest BCUT2D eigenvalue weighted by Gasteiger charge is 2.13. The van der Waals surface area contributed by atoms with Crippen LogP contribution in [0, 0.1) is 0 Å². The third kappa shape index (κ3) is 4.13. The zero-order chi connectivity index (χ0) is 18.6. The Bertz CT molecular complexity index is 1050. The number of aromatic nitrogens is 2. The van der Waals surface area contributed by atoms with Crippen LogP contribution >= 0.6 is 23.2 Å². The van der Waals surface area contributed by atoms with Crippen LogP contribution in [0.2, 0.25) is 10.0 Å². The highest BCUT2D eigenvalue weighted by molar-refractivity contribution is 6.36. The summed E-state index contributed by atoms with van der Waals surface area (Å²) in [5, 5.41) is 9.02. The summed E-state index contributed by atoms with van der Waals surface area (Å²) in [5.74, 6) is 1.41. The fourth-order valence-electron chi connectivity index (χ4n) is 2.60. The number of hydrogen-bond donors (Lipinski definition) is 0. The first-order chi connectivity index (χ1) is 13.2. The number of rotatable bonds is 5. The second-order valence-electron chi connectivity index (χ2n) is 5.80. The van der Waals surface area contributed by atoms with Crippen molar-refractivity contribution < 1.29 is 9.15 Å². The standard InChI is InChI=1S/C21H14Cl2N2O2/c22-16-8-11-18(19(23)12-16)21-25-24-20(27-21)13-26-17-9-6-15(7-10-17)14-4-2-1-3-5-14/h1-12H,13H2. The molecule has 0 unspecified atom stereocenters. The van der Waals surface area contributed by atoms with E-state index in [4.69, 9.17) is 32.4 Å². The summed E-state index contributed by atoms with van der Waals surface area (Å²) in [4.78, 5) is 0. The van der Waals surface area contributed by atoms with Crippen LogP contribution in [0.3, 0.4) is 0 Å². The third-order valence-electron chi connectivity index (χ3n) is 3.95. The number of nitrogens with zero attached hydrogens (tertiary/aromatic N) is 2. The van der Waals surface area contributed by atoms with Crippen LogP contribution < -0.4 is 4.74 Å². The lowest BCUT2D eigenvalue weighted by Gasteiger charge is -2.05. The van der Waals surface area contributed by atoms with Crippen molar-refractivity contribution in [2.24, 2.45) is 0 Å². The van der Waals surface area contributed by atoms with Gasteiger partial charge in [-0.05, 0) is 41.5 Å². The molecule has 3 aromatic carbocycles. The van der Waals surface area contributed by atoms with Crippen LogP contribution in [0.4, 0.5) is 0 Å². The van der Waals surface area contributed by atoms with Gasteiger partial charge in [-0.1, -0.05) is 65.7 Å². The van der Waals surface area contributed by atoms with Crippen molar-refractivity contribution in [3.63, 3.8) is 0 Å². The molecule has 0 aliphatic rings. The first kappa shape index (κ1) is 17.6. The molecule has 0 radical (unpaired) electrons. The summed E-state index contributed by atoms with van der Waals surface area (Å²) in [6, 6.07) is 23.1. The van der Waals surface area contributed by atoms with E-state index >= 15 is 0 Å². The van der Waals surface area contributed by atoms with Gasteiger partial charge < -0.3 is 9.15 Å². The topological polar surface area (TPSA) is 48.2 Å². The molecule has 134 valence electrons. The largest absolute Gasteiger partial charge is 0.484 e. The maximum absolute atomic E-state index is 6.17. The van der Waals surface area contributed by atoms with Gasteiger partial charge in [0.1, 0.15) is 5.75 Å². The fourth-order valence-corrected chi connectivity index (χ4v) is 3.09. The minimum absolute atomic E-state index is 0.170. The summed E-state index contributed by atoms with van der Waals surface area (Å²) < 4.78 is 11.4. The van der Waals surface area contributed by atoms with E-state index < -0.39 is 0 Å². The maximum Gasteiger partial charge on any atom is 0.254 e. The smallest absolute Gasteiger partial charge is 0.254 e. The van der Waals surface area contributed by atoms with Crippen molar-refractivity contribution in [2.75, 3.05) is 0 Å². The molecule has 27 heavy (non-hydrogen) atoms. The van der Waals surface area contributed by atoms with E-state index in [1.54, 1.807) is 18.2 Å². The molecule has 0 aliphatic heterocycles. The van der Waals surface area contributed by atoms with E-state index in [1.165, 1.54) is 0 Å². The normalized spacial score (nSPS) is 10.7. The predicted octanol–water partition coefficient (Wildman–Crippen LogP) is 6.29. The van der Waals surface area contributed by atoms with Gasteiger partial charge in [0.05, 0.1) is 10.6 Å². The van der Waals surface area contributed by atoms with Gasteiger partial charge in [-0.25, -0.2) is 0 Å². The van der Waals surface area contributed by atoms with Crippen molar-refractivity contribution >= 4 is 23.2 Å². The van der Waals surface area contributed by atoms with Gasteiger partial charge in [0, 0.05) is 5.02 Å². The number of halogens is 2. The van der Waals surface area contributed by atoms with Crippen LogP contribution in [-0.2, 0) is 6.61 Å². The van der Waals surface area contributed by atoms with E-state index in [1.807, 2.05) is 42.5 Å². The summed E-state index contributed by atoms with van der Waals surface area (Å²) in [6.45, 7) is 0.170. The lowest BCUT2D eigenvalue weighted by molar-refractivity contribution is 0.264. The minimum atomic E-state index is 0.170. The Morgan fingerprint density at radius 3 is 2.30 bits per heavy atom. The average molecular weight is 397 g/mol. The van der Waals surface area contributed by atoms with E-state index in [0.29, 0.717) is 27.4 Å². The summed E-state index contributed by atoms with van der Waals surface area (Å²) in [7, 11) is 0. The predicted molar refractivity (Wildman–Crippen MR) is 106 cm³/mol. The molecular weight excluding hydrogens is 383 g/mol. The second kappa shape index (κ2) is 7.82. The zero-order valence-electron chi connectivity index (χ0n) is 14.1. The molecule has 0 spiro atoms. The minimum Gasteiger partial charge on any atom is -0.484 e. The van der Waals surface area contributed by atoms with Crippen molar-refractivity contribution in [3.05, 3.63) is 88.7 Å². The molecule has 4 nitrogen and oxygen atoms in total. The Morgan fingerprint density at radius 2 is 1.56 bits per heavy atom. The molecule has 0 bridgehead atoms. The van der Waals surface area contributed by atoms with Gasteiger partial charge in [-0.15, -0.1) is 10.2 Å². The Kier molecular flexibility index (Phi) is 5.10. The van der Waals surface area contributed by atoms with Crippen LogP contribution in [-0.4, -0.2) is 10.2 Å². The number of benzene rings is 3. The summed E-state index contributed by atoms with van der Waals surface area (Å²) in [5.41, 5.74) is 2.91. The first-order valence-corrected chi connectivity index (χ1v) is 9.01. The van der Waals surface area contributed by atoms with E-state index in [-0.39, 0.29) is 6.61 Å². The molecule has 1 aromatic heterocycles. The molecule has 4 aromatic rings. The quantitative estimate of drug-likeness (QED) is 0.397. The van der Waals surface area contributed by atoms with Crippen molar-refractivity contribution in [1.82, 2.24) is 10.2 Å². The lowest BCUT2D eigenvalue weighted by Crippen LogP contribution is -1.95. The van der Waals surface area contributed by atoms with Crippen LogP contribution in [0.15, 0.2) is 77.2 Å². The average Bonchev–Trinajstić information content (AvgIpc) is 3.16. The van der Waals surface area contributed by atoms with Gasteiger partial charge in [-0.2, -0.15) is 0 Å². The van der Waals surface area contributed by atoms with Crippen molar-refractivity contribution in [1.29, 1.82) is 0 Å². The monoisotopic (exact) mass is 396 g/mol. The molecular formula is C21H14Cl2N2O2.